The third-order valence-corrected chi connectivity index (χ3v) is 6.83. The number of hydrogen-bond donors (Lipinski definition) is 1. The molecule has 0 bridgehead atoms. The van der Waals surface area contributed by atoms with Gasteiger partial charge < -0.3 is 14.8 Å². The Labute approximate surface area is 210 Å². The van der Waals surface area contributed by atoms with Crippen molar-refractivity contribution in [2.45, 2.75) is 45.3 Å². The number of likely N-dealkylation sites (tertiary alicyclic amines) is 1. The normalized spacial score (nSPS) is 16.1. The van der Waals surface area contributed by atoms with Crippen LogP contribution >= 0.6 is 0 Å². The van der Waals surface area contributed by atoms with Crippen LogP contribution in [0.5, 0.6) is 0 Å². The first-order valence-electron chi connectivity index (χ1n) is 12.5. The number of nitrogens with one attached hydrogen (secondary N) is 1. The van der Waals surface area contributed by atoms with Gasteiger partial charge in [0.05, 0.1) is 11.1 Å². The third-order valence-electron chi connectivity index (χ3n) is 6.83. The number of ketones is 1. The van der Waals surface area contributed by atoms with Crippen molar-refractivity contribution in [2.24, 2.45) is 5.92 Å². The molecule has 1 aliphatic heterocycles. The number of H-pyrrole nitrogens is 1. The standard InChI is InChI=1S/C26H29F4N3O.C2H6/c1-32(2)24(18-11-14-33(15-12-18)13-10-17-6-8-19(27)9-7-17)21-5-3-4-20-22(16-31-23(20)21)25(34)26(28,29)30;1-2/h3-9,16,18,24,31H,10-15H2,1-2H3;1-2H3. The largest absolute Gasteiger partial charge is 0.454 e. The second-order valence-electron chi connectivity index (χ2n) is 9.26. The van der Waals surface area contributed by atoms with Crippen LogP contribution in [0.4, 0.5) is 17.6 Å². The number of para-hydroxylation sites is 1. The molecule has 1 saturated heterocycles. The second-order valence-corrected chi connectivity index (χ2v) is 9.26. The number of carbonyl (C=O) groups excluding carboxylic acids is 1. The summed E-state index contributed by atoms with van der Waals surface area (Å²) in [5, 5.41) is 0.309. The minimum absolute atomic E-state index is 0.00966. The quantitative estimate of drug-likeness (QED) is 0.289. The lowest BCUT2D eigenvalue weighted by Crippen LogP contribution is -2.39. The number of rotatable bonds is 7. The minimum atomic E-state index is -4.91. The average Bonchev–Trinajstić information content (AvgIpc) is 3.29. The van der Waals surface area contributed by atoms with E-state index >= 15 is 0 Å². The lowest BCUT2D eigenvalue weighted by Gasteiger charge is -2.39. The second kappa shape index (κ2) is 12.0. The molecule has 1 unspecified atom stereocenters. The van der Waals surface area contributed by atoms with E-state index in [0.717, 1.165) is 50.0 Å². The summed E-state index contributed by atoms with van der Waals surface area (Å²) in [4.78, 5) is 19.4. The average molecular weight is 506 g/mol. The molecule has 1 N–H and O–H groups in total. The summed E-state index contributed by atoms with van der Waals surface area (Å²) in [7, 11) is 3.96. The molecule has 1 fully saturated rings. The SMILES string of the molecule is CC.CN(C)C(c1cccc2c(C(=O)C(F)(F)F)c[nH]c12)C1CCN(CCc2ccc(F)cc2)CC1. The predicted molar refractivity (Wildman–Crippen MR) is 136 cm³/mol. The van der Waals surface area contributed by atoms with Gasteiger partial charge in [0, 0.05) is 24.2 Å². The topological polar surface area (TPSA) is 39.3 Å². The maximum absolute atomic E-state index is 13.1. The molecule has 4 nitrogen and oxygen atoms in total. The van der Waals surface area contributed by atoms with Crippen molar-refractivity contribution in [2.75, 3.05) is 33.7 Å². The number of fused-ring (bicyclic) bond motifs is 1. The maximum Gasteiger partial charge on any atom is 0.454 e. The van der Waals surface area contributed by atoms with Gasteiger partial charge in [-0.3, -0.25) is 4.79 Å². The van der Waals surface area contributed by atoms with Gasteiger partial charge in [-0.05, 0) is 75.6 Å². The summed E-state index contributed by atoms with van der Waals surface area (Å²) in [6.45, 7) is 6.75. The van der Waals surface area contributed by atoms with Crippen molar-refractivity contribution in [3.63, 3.8) is 0 Å². The van der Waals surface area contributed by atoms with Crippen LogP contribution in [0, 0.1) is 11.7 Å². The van der Waals surface area contributed by atoms with Crippen molar-refractivity contribution in [1.29, 1.82) is 0 Å². The third kappa shape index (κ3) is 6.34. The van der Waals surface area contributed by atoms with E-state index in [9.17, 15) is 22.4 Å². The van der Waals surface area contributed by atoms with Crippen molar-refractivity contribution in [3.8, 4) is 0 Å². The smallest absolute Gasteiger partial charge is 0.360 e. The number of nitrogens with zero attached hydrogens (tertiary/aromatic N) is 2. The number of halogens is 4. The molecule has 0 amide bonds. The molecule has 0 radical (unpaired) electrons. The Balaban J connectivity index is 0.00000176. The molecule has 36 heavy (non-hydrogen) atoms. The van der Waals surface area contributed by atoms with Crippen LogP contribution in [-0.2, 0) is 6.42 Å². The predicted octanol–water partition coefficient (Wildman–Crippen LogP) is 6.64. The molecule has 196 valence electrons. The molecule has 0 saturated carbocycles. The van der Waals surface area contributed by atoms with Gasteiger partial charge in [-0.2, -0.15) is 13.2 Å². The van der Waals surface area contributed by atoms with Crippen molar-refractivity contribution in [3.05, 3.63) is 71.2 Å². The molecule has 4 rings (SSSR count). The number of carbonyl (C=O) groups is 1. The van der Waals surface area contributed by atoms with Gasteiger partial charge in [0.15, 0.2) is 0 Å². The van der Waals surface area contributed by atoms with Gasteiger partial charge in [0.2, 0.25) is 0 Å². The Hall–Kier alpha value is -2.71. The highest BCUT2D eigenvalue weighted by Crippen LogP contribution is 2.38. The molecule has 1 aliphatic rings. The van der Waals surface area contributed by atoms with Gasteiger partial charge in [-0.15, -0.1) is 0 Å². The zero-order chi connectivity index (χ0) is 26.5. The van der Waals surface area contributed by atoms with E-state index in [-0.39, 0.29) is 17.4 Å². The summed E-state index contributed by atoms with van der Waals surface area (Å²) in [6.07, 6.45) is -0.961. The van der Waals surface area contributed by atoms with Crippen LogP contribution in [0.3, 0.4) is 0 Å². The van der Waals surface area contributed by atoms with Crippen molar-refractivity contribution < 1.29 is 22.4 Å². The van der Waals surface area contributed by atoms with E-state index in [1.54, 1.807) is 12.1 Å². The fraction of sp³-hybridized carbons (Fsp3) is 0.464. The van der Waals surface area contributed by atoms with Crippen LogP contribution < -0.4 is 0 Å². The fourth-order valence-corrected chi connectivity index (χ4v) is 5.15. The minimum Gasteiger partial charge on any atom is -0.360 e. The first-order chi connectivity index (χ1) is 17.1. The van der Waals surface area contributed by atoms with E-state index in [2.05, 4.69) is 14.8 Å². The van der Waals surface area contributed by atoms with Crippen LogP contribution in [0.25, 0.3) is 10.9 Å². The van der Waals surface area contributed by atoms with Gasteiger partial charge in [-0.25, -0.2) is 4.39 Å². The van der Waals surface area contributed by atoms with Crippen LogP contribution in [0.1, 0.15) is 54.2 Å². The molecule has 0 aliphatic carbocycles. The fourth-order valence-electron chi connectivity index (χ4n) is 5.15. The van der Waals surface area contributed by atoms with Gasteiger partial charge in [0.1, 0.15) is 5.82 Å². The number of aromatic nitrogens is 1. The number of Topliss-reactive ketones (excluding diaryl/α,β-unsaturated/α-hetero) is 1. The zero-order valence-corrected chi connectivity index (χ0v) is 21.3. The molecule has 2 heterocycles. The first-order valence-corrected chi connectivity index (χ1v) is 12.5. The van der Waals surface area contributed by atoms with Crippen molar-refractivity contribution >= 4 is 16.7 Å². The number of aromatic amines is 1. The summed E-state index contributed by atoms with van der Waals surface area (Å²) in [6, 6.07) is 11.8. The van der Waals surface area contributed by atoms with Gasteiger partial charge in [-0.1, -0.05) is 44.2 Å². The van der Waals surface area contributed by atoms with E-state index in [4.69, 9.17) is 0 Å². The Morgan fingerprint density at radius 1 is 1.08 bits per heavy atom. The van der Waals surface area contributed by atoms with E-state index in [1.807, 2.05) is 46.1 Å². The summed E-state index contributed by atoms with van der Waals surface area (Å²) in [5.41, 5.74) is 2.27. The molecule has 2 aromatic carbocycles. The zero-order valence-electron chi connectivity index (χ0n) is 21.3. The number of alkyl halides is 3. The number of piperidine rings is 1. The Kier molecular flexibility index (Phi) is 9.30. The van der Waals surface area contributed by atoms with Crippen LogP contribution in [0.15, 0.2) is 48.7 Å². The van der Waals surface area contributed by atoms with Crippen LogP contribution in [0.2, 0.25) is 0 Å². The summed E-state index contributed by atoms with van der Waals surface area (Å²) in [5.74, 6) is -1.73. The highest BCUT2D eigenvalue weighted by atomic mass is 19.4. The van der Waals surface area contributed by atoms with Crippen LogP contribution in [-0.4, -0.2) is 60.5 Å². The summed E-state index contributed by atoms with van der Waals surface area (Å²) >= 11 is 0. The highest BCUT2D eigenvalue weighted by molar-refractivity contribution is 6.11. The lowest BCUT2D eigenvalue weighted by atomic mass is 9.83. The number of benzene rings is 2. The maximum atomic E-state index is 13.1. The molecule has 8 heteroatoms. The Morgan fingerprint density at radius 2 is 1.72 bits per heavy atom. The summed E-state index contributed by atoms with van der Waals surface area (Å²) < 4.78 is 52.3. The van der Waals surface area contributed by atoms with Crippen molar-refractivity contribution in [1.82, 2.24) is 14.8 Å². The molecule has 0 spiro atoms. The van der Waals surface area contributed by atoms with Gasteiger partial charge >= 0.3 is 6.18 Å². The Morgan fingerprint density at radius 3 is 2.31 bits per heavy atom. The molecular weight excluding hydrogens is 470 g/mol. The molecular formula is C28H35F4N3O. The van der Waals surface area contributed by atoms with Gasteiger partial charge in [0.25, 0.3) is 5.78 Å². The first kappa shape index (κ1) is 27.9. The van der Waals surface area contributed by atoms with E-state index in [0.29, 0.717) is 16.8 Å². The molecule has 1 atom stereocenters. The molecule has 1 aromatic heterocycles. The van der Waals surface area contributed by atoms with E-state index < -0.39 is 12.0 Å². The number of hydrogen-bond acceptors (Lipinski definition) is 3. The van der Waals surface area contributed by atoms with E-state index in [1.165, 1.54) is 18.3 Å². The Bertz CT molecular complexity index is 1130. The monoisotopic (exact) mass is 505 g/mol. The lowest BCUT2D eigenvalue weighted by molar-refractivity contribution is -0.0884. The highest BCUT2D eigenvalue weighted by Gasteiger charge is 2.41. The molecule has 3 aromatic rings.